The number of nitrogens with zero attached hydrogens (tertiary/aromatic N) is 2. The Balaban J connectivity index is 1.93. The van der Waals surface area contributed by atoms with E-state index in [0.717, 1.165) is 31.1 Å². The molecule has 0 aliphatic carbocycles. The number of nitriles is 1. The minimum absolute atomic E-state index is 0.437. The summed E-state index contributed by atoms with van der Waals surface area (Å²) in [5.41, 5.74) is 7.67. The Bertz CT molecular complexity index is 424. The molecule has 2 rings (SSSR count). The van der Waals surface area contributed by atoms with Crippen molar-refractivity contribution in [3.05, 3.63) is 35.4 Å². The van der Waals surface area contributed by atoms with Crippen molar-refractivity contribution in [1.82, 2.24) is 4.90 Å². The summed E-state index contributed by atoms with van der Waals surface area (Å²) >= 11 is 0. The lowest BCUT2D eigenvalue weighted by atomic mass is 9.92. The van der Waals surface area contributed by atoms with E-state index in [0.29, 0.717) is 6.04 Å². The van der Waals surface area contributed by atoms with E-state index in [1.54, 1.807) is 0 Å². The van der Waals surface area contributed by atoms with Crippen molar-refractivity contribution >= 4 is 0 Å². The molecule has 0 spiro atoms. The molecule has 1 fully saturated rings. The second-order valence-corrected chi connectivity index (χ2v) is 5.47. The molecule has 1 heterocycles. The number of nitrogens with two attached hydrogens (primary N) is 1. The monoisotopic (exact) mass is 257 g/mol. The fourth-order valence-electron chi connectivity index (χ4n) is 2.91. The summed E-state index contributed by atoms with van der Waals surface area (Å²) in [7, 11) is 0. The number of benzene rings is 1. The van der Waals surface area contributed by atoms with Gasteiger partial charge in [0.1, 0.15) is 0 Å². The molecule has 1 saturated heterocycles. The van der Waals surface area contributed by atoms with E-state index in [4.69, 9.17) is 11.0 Å². The summed E-state index contributed by atoms with van der Waals surface area (Å²) < 4.78 is 0. The highest BCUT2D eigenvalue weighted by Gasteiger charge is 2.22. The quantitative estimate of drug-likeness (QED) is 0.902. The van der Waals surface area contributed by atoms with Crippen molar-refractivity contribution in [3.8, 4) is 6.07 Å². The molecule has 2 N–H and O–H groups in total. The van der Waals surface area contributed by atoms with Gasteiger partial charge in [-0.15, -0.1) is 0 Å². The van der Waals surface area contributed by atoms with Crippen LogP contribution in [0, 0.1) is 17.2 Å². The topological polar surface area (TPSA) is 53.0 Å². The van der Waals surface area contributed by atoms with Crippen LogP contribution in [0.3, 0.4) is 0 Å². The zero-order chi connectivity index (χ0) is 13.7. The average Bonchev–Trinajstić information content (AvgIpc) is 2.48. The van der Waals surface area contributed by atoms with Crippen LogP contribution in [0.15, 0.2) is 24.3 Å². The first-order chi connectivity index (χ1) is 9.24. The zero-order valence-corrected chi connectivity index (χ0v) is 11.7. The fraction of sp³-hybridized carbons (Fsp3) is 0.562. The van der Waals surface area contributed by atoms with Gasteiger partial charge in [-0.25, -0.2) is 0 Å². The Morgan fingerprint density at radius 2 is 1.95 bits per heavy atom. The van der Waals surface area contributed by atoms with E-state index in [1.165, 1.54) is 24.8 Å². The molecular weight excluding hydrogens is 234 g/mol. The number of piperidine rings is 1. The van der Waals surface area contributed by atoms with Gasteiger partial charge in [-0.05, 0) is 69.4 Å². The molecular formula is C16H23N3. The van der Waals surface area contributed by atoms with Gasteiger partial charge in [0.15, 0.2) is 0 Å². The maximum Gasteiger partial charge on any atom is 0.0991 e. The Labute approximate surface area is 116 Å². The van der Waals surface area contributed by atoms with Gasteiger partial charge in [0.2, 0.25) is 0 Å². The molecule has 1 aromatic carbocycles. The summed E-state index contributed by atoms with van der Waals surface area (Å²) in [6.45, 7) is 5.39. The van der Waals surface area contributed by atoms with Crippen LogP contribution in [-0.2, 0) is 0 Å². The Hall–Kier alpha value is -1.37. The van der Waals surface area contributed by atoms with Crippen LogP contribution in [-0.4, -0.2) is 24.5 Å². The third-order valence-electron chi connectivity index (χ3n) is 4.29. The SMILES string of the molecule is CC(c1ccc(C#N)cc1)N1CCC(CCN)CC1. The summed E-state index contributed by atoms with van der Waals surface area (Å²) in [5.74, 6) is 0.814. The first-order valence-electron chi connectivity index (χ1n) is 7.18. The molecule has 1 unspecified atom stereocenters. The molecule has 0 bridgehead atoms. The lowest BCUT2D eigenvalue weighted by Crippen LogP contribution is -2.36. The largest absolute Gasteiger partial charge is 0.330 e. The van der Waals surface area contributed by atoms with Crippen molar-refractivity contribution in [2.24, 2.45) is 11.7 Å². The number of likely N-dealkylation sites (tertiary alicyclic amines) is 1. The smallest absolute Gasteiger partial charge is 0.0991 e. The van der Waals surface area contributed by atoms with Gasteiger partial charge in [0.05, 0.1) is 11.6 Å². The van der Waals surface area contributed by atoms with E-state index < -0.39 is 0 Å². The molecule has 102 valence electrons. The van der Waals surface area contributed by atoms with Gasteiger partial charge in [-0.3, -0.25) is 4.90 Å². The highest BCUT2D eigenvalue weighted by atomic mass is 15.2. The van der Waals surface area contributed by atoms with Crippen molar-refractivity contribution in [2.45, 2.75) is 32.2 Å². The van der Waals surface area contributed by atoms with Crippen molar-refractivity contribution in [3.63, 3.8) is 0 Å². The van der Waals surface area contributed by atoms with Crippen LogP contribution in [0.2, 0.25) is 0 Å². The van der Waals surface area contributed by atoms with Crippen molar-refractivity contribution in [2.75, 3.05) is 19.6 Å². The Morgan fingerprint density at radius 1 is 1.32 bits per heavy atom. The number of rotatable bonds is 4. The van der Waals surface area contributed by atoms with E-state index >= 15 is 0 Å². The highest BCUT2D eigenvalue weighted by molar-refractivity contribution is 5.32. The third-order valence-corrected chi connectivity index (χ3v) is 4.29. The molecule has 0 aromatic heterocycles. The molecule has 1 aliphatic rings. The number of hydrogen-bond donors (Lipinski definition) is 1. The zero-order valence-electron chi connectivity index (χ0n) is 11.7. The Morgan fingerprint density at radius 3 is 2.47 bits per heavy atom. The minimum atomic E-state index is 0.437. The molecule has 3 heteroatoms. The maximum atomic E-state index is 8.82. The first kappa shape index (κ1) is 14.0. The van der Waals surface area contributed by atoms with Gasteiger partial charge in [-0.2, -0.15) is 5.26 Å². The van der Waals surface area contributed by atoms with E-state index in [9.17, 15) is 0 Å². The van der Waals surface area contributed by atoms with E-state index in [2.05, 4.69) is 30.0 Å². The predicted molar refractivity (Wildman–Crippen MR) is 77.5 cm³/mol. The summed E-state index contributed by atoms with van der Waals surface area (Å²) in [6, 6.07) is 10.6. The second kappa shape index (κ2) is 6.70. The van der Waals surface area contributed by atoms with Gasteiger partial charge < -0.3 is 5.73 Å². The van der Waals surface area contributed by atoms with Gasteiger partial charge in [0.25, 0.3) is 0 Å². The van der Waals surface area contributed by atoms with Crippen LogP contribution in [0.5, 0.6) is 0 Å². The van der Waals surface area contributed by atoms with Crippen LogP contribution in [0.1, 0.15) is 43.4 Å². The van der Waals surface area contributed by atoms with Crippen LogP contribution < -0.4 is 5.73 Å². The van der Waals surface area contributed by atoms with Crippen LogP contribution in [0.25, 0.3) is 0 Å². The normalized spacial score (nSPS) is 19.0. The van der Waals surface area contributed by atoms with E-state index in [1.807, 2.05) is 12.1 Å². The summed E-state index contributed by atoms with van der Waals surface area (Å²) in [5, 5.41) is 8.82. The molecule has 1 aliphatic heterocycles. The first-order valence-corrected chi connectivity index (χ1v) is 7.18. The lowest BCUT2D eigenvalue weighted by molar-refractivity contribution is 0.138. The molecule has 0 radical (unpaired) electrons. The molecule has 0 amide bonds. The molecule has 1 atom stereocenters. The number of hydrogen-bond acceptors (Lipinski definition) is 3. The fourth-order valence-corrected chi connectivity index (χ4v) is 2.91. The minimum Gasteiger partial charge on any atom is -0.330 e. The predicted octanol–water partition coefficient (Wildman–Crippen LogP) is 2.68. The molecule has 19 heavy (non-hydrogen) atoms. The van der Waals surface area contributed by atoms with Crippen molar-refractivity contribution < 1.29 is 0 Å². The summed E-state index contributed by atoms with van der Waals surface area (Å²) in [4.78, 5) is 2.54. The molecule has 3 nitrogen and oxygen atoms in total. The average molecular weight is 257 g/mol. The van der Waals surface area contributed by atoms with Crippen LogP contribution >= 0.6 is 0 Å². The lowest BCUT2D eigenvalue weighted by Gasteiger charge is -2.36. The van der Waals surface area contributed by atoms with E-state index in [-0.39, 0.29) is 0 Å². The molecule has 0 saturated carbocycles. The maximum absolute atomic E-state index is 8.82. The second-order valence-electron chi connectivity index (χ2n) is 5.47. The highest BCUT2D eigenvalue weighted by Crippen LogP contribution is 2.27. The molecule has 1 aromatic rings. The standard InChI is InChI=1S/C16H23N3/c1-13(16-4-2-15(12-18)3-5-16)19-10-7-14(6-9-17)8-11-19/h2-5,13-14H,6-11,17H2,1H3. The summed E-state index contributed by atoms with van der Waals surface area (Å²) in [6.07, 6.45) is 3.69. The third kappa shape index (κ3) is 3.56. The van der Waals surface area contributed by atoms with Gasteiger partial charge in [0, 0.05) is 6.04 Å². The Kier molecular flexibility index (Phi) is 4.95. The van der Waals surface area contributed by atoms with Crippen molar-refractivity contribution in [1.29, 1.82) is 5.26 Å². The van der Waals surface area contributed by atoms with Crippen LogP contribution in [0.4, 0.5) is 0 Å². The van der Waals surface area contributed by atoms with Gasteiger partial charge in [-0.1, -0.05) is 12.1 Å². The van der Waals surface area contributed by atoms with Gasteiger partial charge >= 0.3 is 0 Å².